The zero-order valence-corrected chi connectivity index (χ0v) is 30.0. The van der Waals surface area contributed by atoms with Gasteiger partial charge in [-0.2, -0.15) is 0 Å². The maximum Gasteiger partial charge on any atom is 0.0159 e. The van der Waals surface area contributed by atoms with Crippen LogP contribution in [0.4, 0.5) is 0 Å². The highest BCUT2D eigenvalue weighted by Crippen LogP contribution is 2.51. The lowest BCUT2D eigenvalue weighted by Gasteiger charge is -2.22. The molecule has 246 valence electrons. The van der Waals surface area contributed by atoms with Gasteiger partial charge in [0.1, 0.15) is 0 Å². The highest BCUT2D eigenvalue weighted by molar-refractivity contribution is 6.12. The SMILES string of the molecule is CC1(C)c2ccccc2-c2ccc(-c3ccc4c(ccc5cc(-c6ccc7ccc8cc9c(cc8c7c6)C(C)(C)c6ccccc6-9)ccc54)c3)cc21. The summed E-state index contributed by atoms with van der Waals surface area (Å²) < 4.78 is 0. The number of fused-ring (bicyclic) bond motifs is 12. The van der Waals surface area contributed by atoms with Crippen molar-refractivity contribution in [3.8, 4) is 44.5 Å². The van der Waals surface area contributed by atoms with E-state index in [4.69, 9.17) is 0 Å². The standard InChI is InChI=1S/C52H38/c1-51(2)47-11-7-5-9-41(47)43-24-21-35(29-49(43)51)33-20-23-40-37(26-33)18-17-36-25-32(19-22-39(36)40)34-15-13-31-14-16-38-28-46-42-10-6-8-12-48(42)52(3,4)50(46)30-45(38)44(31)27-34/h5-30H,1-4H3. The van der Waals surface area contributed by atoms with Crippen LogP contribution in [-0.4, -0.2) is 0 Å². The lowest BCUT2D eigenvalue weighted by molar-refractivity contribution is 0.660. The van der Waals surface area contributed by atoms with Crippen molar-refractivity contribution >= 4 is 43.1 Å². The van der Waals surface area contributed by atoms with E-state index in [1.54, 1.807) is 0 Å². The third kappa shape index (κ3) is 4.04. The van der Waals surface area contributed by atoms with Crippen LogP contribution in [0.25, 0.3) is 87.6 Å². The van der Waals surface area contributed by atoms with E-state index in [1.807, 2.05) is 0 Å². The molecular formula is C52H38. The normalized spacial score (nSPS) is 14.8. The summed E-state index contributed by atoms with van der Waals surface area (Å²) in [6, 6.07) is 59.9. The minimum atomic E-state index is -0.0214. The molecule has 9 aromatic rings. The Hall–Kier alpha value is -5.98. The van der Waals surface area contributed by atoms with E-state index >= 15 is 0 Å². The number of benzene rings is 9. The zero-order valence-electron chi connectivity index (χ0n) is 30.0. The monoisotopic (exact) mass is 662 g/mol. The van der Waals surface area contributed by atoms with Crippen molar-refractivity contribution in [2.45, 2.75) is 38.5 Å². The minimum absolute atomic E-state index is 0.00559. The second-order valence-corrected chi connectivity index (χ2v) is 16.2. The molecule has 0 nitrogen and oxygen atoms in total. The Morgan fingerprint density at radius 1 is 0.269 bits per heavy atom. The molecule has 0 heteroatoms. The third-order valence-corrected chi connectivity index (χ3v) is 12.6. The largest absolute Gasteiger partial charge is 0.0619 e. The average molecular weight is 663 g/mol. The smallest absolute Gasteiger partial charge is 0.0159 e. The van der Waals surface area contributed by atoms with E-state index in [1.165, 1.54) is 110 Å². The van der Waals surface area contributed by atoms with E-state index in [0.717, 1.165) is 0 Å². The Balaban J connectivity index is 0.977. The second kappa shape index (κ2) is 10.3. The van der Waals surface area contributed by atoms with Crippen LogP contribution in [0, 0.1) is 0 Å². The Morgan fingerprint density at radius 3 is 1.35 bits per heavy atom. The quantitative estimate of drug-likeness (QED) is 0.162. The van der Waals surface area contributed by atoms with Gasteiger partial charge < -0.3 is 0 Å². The van der Waals surface area contributed by atoms with Crippen LogP contribution in [0.5, 0.6) is 0 Å². The van der Waals surface area contributed by atoms with Crippen LogP contribution in [0.3, 0.4) is 0 Å². The van der Waals surface area contributed by atoms with Gasteiger partial charge in [-0.25, -0.2) is 0 Å². The van der Waals surface area contributed by atoms with Crippen molar-refractivity contribution in [2.24, 2.45) is 0 Å². The average Bonchev–Trinajstić information content (AvgIpc) is 3.55. The van der Waals surface area contributed by atoms with Crippen molar-refractivity contribution in [3.05, 3.63) is 180 Å². The molecule has 0 aromatic heterocycles. The number of hydrogen-bond acceptors (Lipinski definition) is 0. The van der Waals surface area contributed by atoms with E-state index in [2.05, 4.69) is 185 Å². The van der Waals surface area contributed by atoms with Gasteiger partial charge in [0.2, 0.25) is 0 Å². The van der Waals surface area contributed by atoms with Crippen molar-refractivity contribution in [1.29, 1.82) is 0 Å². The Labute approximate surface area is 305 Å². The highest BCUT2D eigenvalue weighted by atomic mass is 14.4. The van der Waals surface area contributed by atoms with Crippen molar-refractivity contribution < 1.29 is 0 Å². The molecule has 11 rings (SSSR count). The molecule has 2 aliphatic rings. The van der Waals surface area contributed by atoms with Crippen LogP contribution in [0.15, 0.2) is 158 Å². The first-order chi connectivity index (χ1) is 25.3. The van der Waals surface area contributed by atoms with E-state index in [-0.39, 0.29) is 10.8 Å². The summed E-state index contributed by atoms with van der Waals surface area (Å²) in [5.41, 5.74) is 16.2. The van der Waals surface area contributed by atoms with Gasteiger partial charge in [0.25, 0.3) is 0 Å². The third-order valence-electron chi connectivity index (χ3n) is 12.6. The number of rotatable bonds is 2. The summed E-state index contributed by atoms with van der Waals surface area (Å²) in [6.45, 7) is 9.44. The van der Waals surface area contributed by atoms with E-state index in [9.17, 15) is 0 Å². The molecule has 52 heavy (non-hydrogen) atoms. The summed E-state index contributed by atoms with van der Waals surface area (Å²) >= 11 is 0. The molecule has 0 bridgehead atoms. The van der Waals surface area contributed by atoms with Gasteiger partial charge in [-0.1, -0.05) is 149 Å². The first-order valence-corrected chi connectivity index (χ1v) is 18.6. The lowest BCUT2D eigenvalue weighted by Crippen LogP contribution is -2.14. The predicted octanol–water partition coefficient (Wildman–Crippen LogP) is 14.2. The zero-order chi connectivity index (χ0) is 34.9. The van der Waals surface area contributed by atoms with Gasteiger partial charge in [-0.3, -0.25) is 0 Å². The fourth-order valence-corrected chi connectivity index (χ4v) is 9.74. The topological polar surface area (TPSA) is 0 Å². The first kappa shape index (κ1) is 29.7. The predicted molar refractivity (Wildman–Crippen MR) is 222 cm³/mol. The van der Waals surface area contributed by atoms with E-state index < -0.39 is 0 Å². The molecule has 0 atom stereocenters. The van der Waals surface area contributed by atoms with Gasteiger partial charge in [0.05, 0.1) is 0 Å². The van der Waals surface area contributed by atoms with Crippen molar-refractivity contribution in [3.63, 3.8) is 0 Å². The first-order valence-electron chi connectivity index (χ1n) is 18.6. The maximum atomic E-state index is 2.47. The molecule has 2 aliphatic carbocycles. The Morgan fingerprint density at radius 2 is 0.692 bits per heavy atom. The minimum Gasteiger partial charge on any atom is -0.0619 e. The summed E-state index contributed by atoms with van der Waals surface area (Å²) in [5, 5.41) is 10.4. The molecular weight excluding hydrogens is 625 g/mol. The summed E-state index contributed by atoms with van der Waals surface area (Å²) in [4.78, 5) is 0. The second-order valence-electron chi connectivity index (χ2n) is 16.2. The van der Waals surface area contributed by atoms with Crippen LogP contribution < -0.4 is 0 Å². The van der Waals surface area contributed by atoms with Crippen LogP contribution in [0.1, 0.15) is 49.9 Å². The molecule has 0 N–H and O–H groups in total. The molecule has 0 unspecified atom stereocenters. The summed E-state index contributed by atoms with van der Waals surface area (Å²) in [6.07, 6.45) is 0. The molecule has 0 fully saturated rings. The molecule has 0 spiro atoms. The van der Waals surface area contributed by atoms with Crippen LogP contribution in [0.2, 0.25) is 0 Å². The van der Waals surface area contributed by atoms with Crippen molar-refractivity contribution in [2.75, 3.05) is 0 Å². The Kier molecular flexibility index (Phi) is 5.89. The Bertz CT molecular complexity index is 3010. The van der Waals surface area contributed by atoms with Crippen LogP contribution >= 0.6 is 0 Å². The summed E-state index contributed by atoms with van der Waals surface area (Å²) in [7, 11) is 0. The molecule has 0 amide bonds. The van der Waals surface area contributed by atoms with Gasteiger partial charge in [-0.15, -0.1) is 0 Å². The maximum absolute atomic E-state index is 2.47. The molecule has 9 aromatic carbocycles. The fourth-order valence-electron chi connectivity index (χ4n) is 9.74. The fraction of sp³-hybridized carbons (Fsp3) is 0.115. The highest BCUT2D eigenvalue weighted by Gasteiger charge is 2.36. The van der Waals surface area contributed by atoms with E-state index in [0.29, 0.717) is 0 Å². The summed E-state index contributed by atoms with van der Waals surface area (Å²) in [5.74, 6) is 0. The van der Waals surface area contributed by atoms with Gasteiger partial charge in [0.15, 0.2) is 0 Å². The molecule has 0 saturated heterocycles. The lowest BCUT2D eigenvalue weighted by atomic mass is 9.81. The number of hydrogen-bond donors (Lipinski definition) is 0. The molecule has 0 saturated carbocycles. The molecule has 0 radical (unpaired) electrons. The van der Waals surface area contributed by atoms with Gasteiger partial charge >= 0.3 is 0 Å². The molecule has 0 aliphatic heterocycles. The van der Waals surface area contributed by atoms with Crippen LogP contribution in [-0.2, 0) is 10.8 Å². The van der Waals surface area contributed by atoms with Gasteiger partial charge in [0, 0.05) is 10.8 Å². The molecule has 0 heterocycles. The van der Waals surface area contributed by atoms with Gasteiger partial charge in [-0.05, 0) is 146 Å². The van der Waals surface area contributed by atoms with Crippen molar-refractivity contribution in [1.82, 2.24) is 0 Å².